The molecule has 2 heterocycles. The number of piperidine rings is 1. The smallest absolute Gasteiger partial charge is 0.244 e. The fourth-order valence-corrected chi connectivity index (χ4v) is 6.78. The van der Waals surface area contributed by atoms with Gasteiger partial charge in [0.25, 0.3) is 0 Å². The summed E-state index contributed by atoms with van der Waals surface area (Å²) in [5, 5.41) is 0. The molecule has 0 aromatic heterocycles. The Kier molecular flexibility index (Phi) is 5.69. The predicted molar refractivity (Wildman–Crippen MR) is 111 cm³/mol. The number of sulfonamides is 1. The van der Waals surface area contributed by atoms with Crippen molar-refractivity contribution >= 4 is 26.0 Å². The molecule has 1 unspecified atom stereocenters. The maximum atomic E-state index is 13.1. The van der Waals surface area contributed by atoms with Gasteiger partial charge in [0.05, 0.1) is 4.90 Å². The van der Waals surface area contributed by atoms with Crippen molar-refractivity contribution in [3.05, 3.63) is 64.1 Å². The highest BCUT2D eigenvalue weighted by Gasteiger charge is 2.32. The second-order valence-corrected chi connectivity index (χ2v) is 10.3. The van der Waals surface area contributed by atoms with Crippen LogP contribution in [0.4, 0.5) is 0 Å². The van der Waals surface area contributed by atoms with E-state index in [4.69, 9.17) is 0 Å². The van der Waals surface area contributed by atoms with Crippen LogP contribution in [-0.4, -0.2) is 43.8 Å². The van der Waals surface area contributed by atoms with Gasteiger partial charge in [-0.05, 0) is 64.4 Å². The Hall–Kier alpha value is -1.21. The Balaban J connectivity index is 1.44. The highest BCUT2D eigenvalue weighted by Crippen LogP contribution is 2.29. The van der Waals surface area contributed by atoms with E-state index in [1.54, 1.807) is 22.5 Å². The van der Waals surface area contributed by atoms with Crippen LogP contribution in [0.25, 0.3) is 0 Å². The molecule has 2 aromatic rings. The largest absolute Gasteiger partial charge is 0.298 e. The Labute approximate surface area is 170 Å². The molecule has 4 rings (SSSR count). The van der Waals surface area contributed by atoms with Crippen molar-refractivity contribution in [2.45, 2.75) is 30.7 Å². The second-order valence-electron chi connectivity index (χ2n) is 7.56. The van der Waals surface area contributed by atoms with E-state index in [2.05, 4.69) is 45.1 Å². The molecular formula is C21H25BrN2O2S. The van der Waals surface area contributed by atoms with Crippen LogP contribution in [0.5, 0.6) is 0 Å². The minimum atomic E-state index is -3.45. The average Bonchev–Trinajstić information content (AvgIpc) is 2.68. The first-order chi connectivity index (χ1) is 13.0. The van der Waals surface area contributed by atoms with Gasteiger partial charge in [-0.2, -0.15) is 4.31 Å². The van der Waals surface area contributed by atoms with Crippen LogP contribution in [0.15, 0.2) is 57.9 Å². The first kappa shape index (κ1) is 19.1. The van der Waals surface area contributed by atoms with E-state index >= 15 is 0 Å². The van der Waals surface area contributed by atoms with Gasteiger partial charge in [-0.25, -0.2) is 8.42 Å². The van der Waals surface area contributed by atoms with Gasteiger partial charge in [0.2, 0.25) is 10.0 Å². The van der Waals surface area contributed by atoms with Gasteiger partial charge in [0, 0.05) is 37.2 Å². The molecule has 1 saturated heterocycles. The van der Waals surface area contributed by atoms with Crippen LogP contribution in [-0.2, 0) is 23.0 Å². The van der Waals surface area contributed by atoms with E-state index in [1.165, 1.54) is 11.1 Å². The van der Waals surface area contributed by atoms with E-state index in [9.17, 15) is 8.42 Å². The summed E-state index contributed by atoms with van der Waals surface area (Å²) in [6, 6.07) is 15.8. The van der Waals surface area contributed by atoms with Crippen LogP contribution in [0, 0.1) is 5.92 Å². The highest BCUT2D eigenvalue weighted by atomic mass is 79.9. The third-order valence-electron chi connectivity index (χ3n) is 5.66. The van der Waals surface area contributed by atoms with Crippen LogP contribution in [0.1, 0.15) is 24.0 Å². The van der Waals surface area contributed by atoms with E-state index in [1.807, 2.05) is 6.07 Å². The molecule has 0 bridgehead atoms. The summed E-state index contributed by atoms with van der Waals surface area (Å²) >= 11 is 3.39. The monoisotopic (exact) mass is 448 g/mol. The van der Waals surface area contributed by atoms with Crippen LogP contribution in [0.3, 0.4) is 0 Å². The molecule has 0 spiro atoms. The van der Waals surface area contributed by atoms with Gasteiger partial charge >= 0.3 is 0 Å². The molecule has 2 aliphatic rings. The lowest BCUT2D eigenvalue weighted by Gasteiger charge is -2.36. The molecule has 2 aromatic carbocycles. The number of rotatable bonds is 4. The molecule has 6 heteroatoms. The van der Waals surface area contributed by atoms with Crippen molar-refractivity contribution in [3.8, 4) is 0 Å². The molecule has 27 heavy (non-hydrogen) atoms. The molecule has 0 N–H and O–H groups in total. The number of fused-ring (bicyclic) bond motifs is 1. The summed E-state index contributed by atoms with van der Waals surface area (Å²) in [5.41, 5.74) is 2.87. The predicted octanol–water partition coefficient (Wildman–Crippen LogP) is 3.91. The summed E-state index contributed by atoms with van der Waals surface area (Å²) in [4.78, 5) is 2.86. The molecule has 2 aliphatic heterocycles. The SMILES string of the molecule is O=S(=O)(c1ccccc1Br)N1CCCC(CN2CCc3ccccc3C2)C1. The van der Waals surface area contributed by atoms with Crippen LogP contribution in [0.2, 0.25) is 0 Å². The maximum absolute atomic E-state index is 13.1. The number of benzene rings is 2. The van der Waals surface area contributed by atoms with Crippen molar-refractivity contribution in [3.63, 3.8) is 0 Å². The standard InChI is InChI=1S/C21H25BrN2O2S/c22-20-9-3-4-10-21(20)27(25,26)24-12-5-6-17(15-24)14-23-13-11-18-7-1-2-8-19(18)16-23/h1-4,7-10,17H,5-6,11-16H2. The van der Waals surface area contributed by atoms with E-state index in [-0.39, 0.29) is 0 Å². The van der Waals surface area contributed by atoms with Gasteiger partial charge in [-0.3, -0.25) is 4.90 Å². The van der Waals surface area contributed by atoms with Gasteiger partial charge in [-0.15, -0.1) is 0 Å². The zero-order chi connectivity index (χ0) is 18.9. The van der Waals surface area contributed by atoms with Gasteiger partial charge in [0.15, 0.2) is 0 Å². The maximum Gasteiger partial charge on any atom is 0.244 e. The lowest BCUT2D eigenvalue weighted by Crippen LogP contribution is -2.44. The molecule has 144 valence electrons. The molecule has 0 amide bonds. The van der Waals surface area contributed by atoms with Crippen molar-refractivity contribution in [1.29, 1.82) is 0 Å². The number of hydrogen-bond donors (Lipinski definition) is 0. The van der Waals surface area contributed by atoms with Crippen LogP contribution < -0.4 is 0 Å². The first-order valence-electron chi connectivity index (χ1n) is 9.58. The topological polar surface area (TPSA) is 40.6 Å². The minimum Gasteiger partial charge on any atom is -0.298 e. The quantitative estimate of drug-likeness (QED) is 0.711. The molecule has 0 saturated carbocycles. The fourth-order valence-electron chi connectivity index (χ4n) is 4.26. The molecule has 1 fully saturated rings. The third kappa shape index (κ3) is 4.14. The third-order valence-corrected chi connectivity index (χ3v) is 8.54. The Morgan fingerprint density at radius 3 is 2.56 bits per heavy atom. The lowest BCUT2D eigenvalue weighted by atomic mass is 9.95. The number of hydrogen-bond acceptors (Lipinski definition) is 3. The van der Waals surface area contributed by atoms with Gasteiger partial charge < -0.3 is 0 Å². The Morgan fingerprint density at radius 2 is 1.74 bits per heavy atom. The van der Waals surface area contributed by atoms with E-state index in [0.717, 1.165) is 38.9 Å². The van der Waals surface area contributed by atoms with Gasteiger partial charge in [0.1, 0.15) is 0 Å². The lowest BCUT2D eigenvalue weighted by molar-refractivity contribution is 0.167. The fraction of sp³-hybridized carbons (Fsp3) is 0.429. The first-order valence-corrected chi connectivity index (χ1v) is 11.8. The van der Waals surface area contributed by atoms with Crippen molar-refractivity contribution < 1.29 is 8.42 Å². The second kappa shape index (κ2) is 8.03. The Morgan fingerprint density at radius 1 is 1.00 bits per heavy atom. The average molecular weight is 449 g/mol. The normalized spacial score (nSPS) is 21.7. The van der Waals surface area contributed by atoms with Gasteiger partial charge in [-0.1, -0.05) is 36.4 Å². The minimum absolute atomic E-state index is 0.373. The molecular weight excluding hydrogens is 424 g/mol. The zero-order valence-corrected chi connectivity index (χ0v) is 17.8. The highest BCUT2D eigenvalue weighted by molar-refractivity contribution is 9.10. The number of halogens is 1. The molecule has 0 aliphatic carbocycles. The summed E-state index contributed by atoms with van der Waals surface area (Å²) < 4.78 is 28.5. The summed E-state index contributed by atoms with van der Waals surface area (Å²) in [5.74, 6) is 0.390. The summed E-state index contributed by atoms with van der Waals surface area (Å²) in [6.45, 7) is 4.23. The summed E-state index contributed by atoms with van der Waals surface area (Å²) in [7, 11) is -3.45. The van der Waals surface area contributed by atoms with Crippen LogP contribution >= 0.6 is 15.9 Å². The summed E-state index contributed by atoms with van der Waals surface area (Å²) in [6.07, 6.45) is 3.11. The van der Waals surface area contributed by atoms with E-state index < -0.39 is 10.0 Å². The molecule has 1 atom stereocenters. The van der Waals surface area contributed by atoms with E-state index in [0.29, 0.717) is 28.4 Å². The van der Waals surface area contributed by atoms with Crippen molar-refractivity contribution in [2.75, 3.05) is 26.2 Å². The van der Waals surface area contributed by atoms with Crippen molar-refractivity contribution in [2.24, 2.45) is 5.92 Å². The molecule has 4 nitrogen and oxygen atoms in total. The molecule has 0 radical (unpaired) electrons. The number of nitrogens with zero attached hydrogens (tertiary/aromatic N) is 2. The zero-order valence-electron chi connectivity index (χ0n) is 15.4. The Bertz CT molecular complexity index is 916. The van der Waals surface area contributed by atoms with Crippen molar-refractivity contribution in [1.82, 2.24) is 9.21 Å².